The van der Waals surface area contributed by atoms with E-state index in [2.05, 4.69) is 19.2 Å². The van der Waals surface area contributed by atoms with Gasteiger partial charge < -0.3 is 10.1 Å². The van der Waals surface area contributed by atoms with E-state index in [9.17, 15) is 4.79 Å². The van der Waals surface area contributed by atoms with Crippen molar-refractivity contribution < 1.29 is 9.53 Å². The van der Waals surface area contributed by atoms with Crippen LogP contribution in [0.25, 0.3) is 0 Å². The van der Waals surface area contributed by atoms with Crippen LogP contribution in [0, 0.1) is 0 Å². The SMILES string of the molecule is CCOc1ccc(N2C(=O)c3ccccc3N[C@@]2(C)CC)cc1. The fourth-order valence-corrected chi connectivity index (χ4v) is 2.98. The minimum atomic E-state index is -0.460. The molecule has 120 valence electrons. The fraction of sp³-hybridized carbons (Fsp3) is 0.316. The highest BCUT2D eigenvalue weighted by Gasteiger charge is 2.40. The number of carbonyl (C=O) groups excluding carboxylic acids is 1. The van der Waals surface area contributed by atoms with Crippen molar-refractivity contribution in [1.29, 1.82) is 0 Å². The minimum absolute atomic E-state index is 0.0212. The van der Waals surface area contributed by atoms with Crippen LogP contribution in [0.15, 0.2) is 48.5 Å². The molecular formula is C19H22N2O2. The average molecular weight is 310 g/mol. The van der Waals surface area contributed by atoms with Crippen molar-refractivity contribution in [3.05, 3.63) is 54.1 Å². The molecule has 2 aromatic rings. The molecule has 1 N–H and O–H groups in total. The van der Waals surface area contributed by atoms with E-state index in [4.69, 9.17) is 4.74 Å². The molecule has 0 spiro atoms. The molecule has 0 aliphatic carbocycles. The molecule has 0 fully saturated rings. The van der Waals surface area contributed by atoms with Crippen molar-refractivity contribution in [3.63, 3.8) is 0 Å². The third kappa shape index (κ3) is 2.65. The molecule has 0 radical (unpaired) electrons. The third-order valence-corrected chi connectivity index (χ3v) is 4.35. The van der Waals surface area contributed by atoms with Gasteiger partial charge in [0.2, 0.25) is 0 Å². The summed E-state index contributed by atoms with van der Waals surface area (Å²) in [7, 11) is 0. The van der Waals surface area contributed by atoms with Gasteiger partial charge >= 0.3 is 0 Å². The van der Waals surface area contributed by atoms with Gasteiger partial charge in [0.25, 0.3) is 5.91 Å². The second-order valence-electron chi connectivity index (χ2n) is 5.87. The molecule has 4 heteroatoms. The van der Waals surface area contributed by atoms with Gasteiger partial charge in [0.15, 0.2) is 0 Å². The maximum absolute atomic E-state index is 13.1. The molecule has 0 aromatic heterocycles. The Bertz CT molecular complexity index is 712. The molecule has 0 saturated heterocycles. The van der Waals surface area contributed by atoms with E-state index in [1.165, 1.54) is 0 Å². The summed E-state index contributed by atoms with van der Waals surface area (Å²) >= 11 is 0. The summed E-state index contributed by atoms with van der Waals surface area (Å²) < 4.78 is 5.49. The summed E-state index contributed by atoms with van der Waals surface area (Å²) in [5, 5.41) is 3.52. The van der Waals surface area contributed by atoms with Crippen molar-refractivity contribution in [3.8, 4) is 5.75 Å². The van der Waals surface area contributed by atoms with Crippen LogP contribution in [-0.2, 0) is 0 Å². The maximum Gasteiger partial charge on any atom is 0.262 e. The number of fused-ring (bicyclic) bond motifs is 1. The summed E-state index contributed by atoms with van der Waals surface area (Å²) in [5.74, 6) is 0.833. The number of anilines is 2. The normalized spacial score (nSPS) is 20.0. The Hall–Kier alpha value is -2.49. The number of ether oxygens (including phenoxy) is 1. The first-order chi connectivity index (χ1) is 11.1. The lowest BCUT2D eigenvalue weighted by Gasteiger charge is -2.46. The molecular weight excluding hydrogens is 288 g/mol. The van der Waals surface area contributed by atoms with Crippen LogP contribution in [0.4, 0.5) is 11.4 Å². The minimum Gasteiger partial charge on any atom is -0.494 e. The van der Waals surface area contributed by atoms with Gasteiger partial charge in [0.1, 0.15) is 11.4 Å². The average Bonchev–Trinajstić information content (AvgIpc) is 2.57. The van der Waals surface area contributed by atoms with Gasteiger partial charge in [-0.05, 0) is 56.7 Å². The first-order valence-electron chi connectivity index (χ1n) is 8.03. The number of nitrogens with zero attached hydrogens (tertiary/aromatic N) is 1. The van der Waals surface area contributed by atoms with Gasteiger partial charge in [-0.3, -0.25) is 9.69 Å². The Morgan fingerprint density at radius 2 is 1.78 bits per heavy atom. The van der Waals surface area contributed by atoms with E-state index in [0.29, 0.717) is 12.2 Å². The third-order valence-electron chi connectivity index (χ3n) is 4.35. The Kier molecular flexibility index (Phi) is 3.99. The second-order valence-corrected chi connectivity index (χ2v) is 5.87. The molecule has 23 heavy (non-hydrogen) atoms. The van der Waals surface area contributed by atoms with E-state index in [-0.39, 0.29) is 5.91 Å². The summed E-state index contributed by atoms with van der Waals surface area (Å²) in [6, 6.07) is 15.3. The number of hydrogen-bond donors (Lipinski definition) is 1. The van der Waals surface area contributed by atoms with E-state index in [1.54, 1.807) is 0 Å². The van der Waals surface area contributed by atoms with Crippen LogP contribution < -0.4 is 15.0 Å². The maximum atomic E-state index is 13.1. The van der Waals surface area contributed by atoms with Gasteiger partial charge in [-0.1, -0.05) is 19.1 Å². The van der Waals surface area contributed by atoms with E-state index in [1.807, 2.05) is 60.4 Å². The summed E-state index contributed by atoms with van der Waals surface area (Å²) in [5.41, 5.74) is 2.00. The van der Waals surface area contributed by atoms with Gasteiger partial charge in [0.05, 0.1) is 12.2 Å². The van der Waals surface area contributed by atoms with Gasteiger partial charge in [-0.15, -0.1) is 0 Å². The van der Waals surface area contributed by atoms with Crippen LogP contribution in [0.2, 0.25) is 0 Å². The zero-order chi connectivity index (χ0) is 16.4. The van der Waals surface area contributed by atoms with Crippen LogP contribution >= 0.6 is 0 Å². The molecule has 1 amide bonds. The van der Waals surface area contributed by atoms with Crippen LogP contribution in [0.3, 0.4) is 0 Å². The zero-order valence-electron chi connectivity index (χ0n) is 13.8. The van der Waals surface area contributed by atoms with Crippen molar-refractivity contribution in [1.82, 2.24) is 0 Å². The highest BCUT2D eigenvalue weighted by molar-refractivity contribution is 6.12. The topological polar surface area (TPSA) is 41.6 Å². The number of hydrogen-bond acceptors (Lipinski definition) is 3. The second kappa shape index (κ2) is 5.95. The Balaban J connectivity index is 2.03. The summed E-state index contributed by atoms with van der Waals surface area (Å²) in [6.45, 7) is 6.72. The highest BCUT2D eigenvalue weighted by Crippen LogP contribution is 2.37. The zero-order valence-corrected chi connectivity index (χ0v) is 13.8. The molecule has 1 heterocycles. The lowest BCUT2D eigenvalue weighted by Crippen LogP contribution is -2.58. The number of carbonyl (C=O) groups is 1. The fourth-order valence-electron chi connectivity index (χ4n) is 2.98. The number of amides is 1. The van der Waals surface area contributed by atoms with Crippen molar-refractivity contribution >= 4 is 17.3 Å². The van der Waals surface area contributed by atoms with Crippen LogP contribution in [0.1, 0.15) is 37.6 Å². The molecule has 1 atom stereocenters. The van der Waals surface area contributed by atoms with E-state index in [0.717, 1.165) is 23.5 Å². The van der Waals surface area contributed by atoms with E-state index >= 15 is 0 Å². The van der Waals surface area contributed by atoms with Crippen molar-refractivity contribution in [2.24, 2.45) is 0 Å². The molecule has 1 aliphatic heterocycles. The molecule has 2 aromatic carbocycles. The monoisotopic (exact) mass is 310 g/mol. The van der Waals surface area contributed by atoms with Crippen molar-refractivity contribution in [2.75, 3.05) is 16.8 Å². The quantitative estimate of drug-likeness (QED) is 0.916. The first-order valence-corrected chi connectivity index (χ1v) is 8.03. The number of nitrogens with one attached hydrogen (secondary N) is 1. The predicted molar refractivity (Wildman–Crippen MR) is 93.2 cm³/mol. The number of rotatable bonds is 4. The highest BCUT2D eigenvalue weighted by atomic mass is 16.5. The Labute approximate surface area is 137 Å². The Morgan fingerprint density at radius 1 is 1.09 bits per heavy atom. The van der Waals surface area contributed by atoms with E-state index < -0.39 is 5.66 Å². The molecule has 4 nitrogen and oxygen atoms in total. The van der Waals surface area contributed by atoms with Gasteiger partial charge in [-0.2, -0.15) is 0 Å². The summed E-state index contributed by atoms with van der Waals surface area (Å²) in [4.78, 5) is 14.9. The van der Waals surface area contributed by atoms with Gasteiger partial charge in [-0.25, -0.2) is 0 Å². The number of para-hydroxylation sites is 1. The van der Waals surface area contributed by atoms with Crippen LogP contribution in [-0.4, -0.2) is 18.2 Å². The largest absolute Gasteiger partial charge is 0.494 e. The predicted octanol–water partition coefficient (Wildman–Crippen LogP) is 4.28. The number of benzene rings is 2. The molecule has 3 rings (SSSR count). The lowest BCUT2D eigenvalue weighted by molar-refractivity contribution is 0.0956. The summed E-state index contributed by atoms with van der Waals surface area (Å²) in [6.07, 6.45) is 0.792. The molecule has 1 aliphatic rings. The lowest BCUT2D eigenvalue weighted by atomic mass is 9.97. The first kappa shape index (κ1) is 15.4. The smallest absolute Gasteiger partial charge is 0.262 e. The Morgan fingerprint density at radius 3 is 2.43 bits per heavy atom. The van der Waals surface area contributed by atoms with Crippen LogP contribution in [0.5, 0.6) is 5.75 Å². The van der Waals surface area contributed by atoms with Gasteiger partial charge in [0, 0.05) is 11.4 Å². The van der Waals surface area contributed by atoms with Crippen molar-refractivity contribution in [2.45, 2.75) is 32.9 Å². The molecule has 0 unspecified atom stereocenters. The molecule has 0 saturated carbocycles. The standard InChI is InChI=1S/C19H22N2O2/c1-4-19(3)20-17-9-7-6-8-16(17)18(22)21(19)14-10-12-15(13-11-14)23-5-2/h6-13,20H,4-5H2,1-3H3/t19-/m1/s1. The molecule has 0 bridgehead atoms.